The molecule has 56 heavy (non-hydrogen) atoms. The molecule has 0 unspecified atom stereocenters. The standard InChI is InChI=1S/C26H21N.C16H16.C13H12/c1-19-12-14-20(15-13-19)21-16-17-26-24(18-21)23-10-6-7-11-25(23)27(26)22-8-4-2-3-5-9-22;1-11-8-9-13-12-6-4-5-7-14(12)16(2,3)15(13)10-11;1-11-7-9-13(10-8-11)12-5-3-2-4-6-12/h2-4,6-18H,5H2,1H3;4-10H,1-3H3;2-10H,1H3. The van der Waals surface area contributed by atoms with Crippen LogP contribution in [-0.2, 0) is 5.41 Å². The van der Waals surface area contributed by atoms with Crippen LogP contribution < -0.4 is 0 Å². The van der Waals surface area contributed by atoms with Gasteiger partial charge in [-0.25, -0.2) is 0 Å². The molecule has 0 radical (unpaired) electrons. The zero-order valence-electron chi connectivity index (χ0n) is 33.1. The van der Waals surface area contributed by atoms with E-state index < -0.39 is 0 Å². The van der Waals surface area contributed by atoms with Crippen molar-refractivity contribution in [2.45, 2.75) is 46.5 Å². The third-order valence-electron chi connectivity index (χ3n) is 11.2. The zero-order chi connectivity index (χ0) is 38.6. The first-order valence-electron chi connectivity index (χ1n) is 19.7. The first kappa shape index (κ1) is 36.5. The van der Waals surface area contributed by atoms with E-state index in [9.17, 15) is 0 Å². The molecule has 10 rings (SSSR count). The van der Waals surface area contributed by atoms with Gasteiger partial charge in [-0.1, -0.05) is 200 Å². The van der Waals surface area contributed by atoms with Gasteiger partial charge in [0.1, 0.15) is 0 Å². The smallest absolute Gasteiger partial charge is 0.0541 e. The van der Waals surface area contributed by atoms with Crippen molar-refractivity contribution in [2.24, 2.45) is 0 Å². The topological polar surface area (TPSA) is 4.93 Å². The van der Waals surface area contributed by atoms with Crippen molar-refractivity contribution in [2.75, 3.05) is 0 Å². The zero-order valence-corrected chi connectivity index (χ0v) is 33.1. The first-order valence-corrected chi connectivity index (χ1v) is 19.7. The minimum atomic E-state index is 0.151. The van der Waals surface area contributed by atoms with E-state index in [0.29, 0.717) is 0 Å². The van der Waals surface area contributed by atoms with Gasteiger partial charge in [0.05, 0.1) is 11.0 Å². The highest BCUT2D eigenvalue weighted by Crippen LogP contribution is 2.48. The van der Waals surface area contributed by atoms with Gasteiger partial charge < -0.3 is 4.57 Å². The van der Waals surface area contributed by atoms with Gasteiger partial charge >= 0.3 is 0 Å². The fraction of sp³-hybridized carbons (Fsp3) is 0.127. The monoisotopic (exact) mass is 723 g/mol. The fourth-order valence-electron chi connectivity index (χ4n) is 8.11. The highest BCUT2D eigenvalue weighted by molar-refractivity contribution is 6.11. The Labute approximate surface area is 332 Å². The lowest BCUT2D eigenvalue weighted by Crippen LogP contribution is -2.14. The maximum atomic E-state index is 2.38. The molecule has 1 heteroatoms. The summed E-state index contributed by atoms with van der Waals surface area (Å²) in [6.07, 6.45) is 11.9. The molecule has 0 fully saturated rings. The van der Waals surface area contributed by atoms with Gasteiger partial charge in [0.25, 0.3) is 0 Å². The Morgan fingerprint density at radius 2 is 1.02 bits per heavy atom. The van der Waals surface area contributed by atoms with Gasteiger partial charge in [0, 0.05) is 21.9 Å². The van der Waals surface area contributed by atoms with Crippen molar-refractivity contribution in [1.82, 2.24) is 4.57 Å². The van der Waals surface area contributed by atoms with Crippen molar-refractivity contribution < 1.29 is 0 Å². The number of nitrogens with zero attached hydrogens (tertiary/aromatic N) is 1. The second kappa shape index (κ2) is 15.7. The minimum absolute atomic E-state index is 0.151. The quantitative estimate of drug-likeness (QED) is 0.171. The molecule has 8 aromatic rings. The van der Waals surface area contributed by atoms with Gasteiger partial charge in [-0.15, -0.1) is 0 Å². The van der Waals surface area contributed by atoms with Gasteiger partial charge in [-0.2, -0.15) is 0 Å². The first-order chi connectivity index (χ1) is 27.3. The van der Waals surface area contributed by atoms with Crippen LogP contribution in [0.4, 0.5) is 0 Å². The minimum Gasteiger partial charge on any atom is -0.310 e. The summed E-state index contributed by atoms with van der Waals surface area (Å²) in [6, 6.07) is 58.9. The summed E-state index contributed by atoms with van der Waals surface area (Å²) in [6.45, 7) is 11.0. The van der Waals surface area contributed by atoms with E-state index in [1.807, 2.05) is 6.07 Å². The van der Waals surface area contributed by atoms with Crippen molar-refractivity contribution in [3.05, 3.63) is 222 Å². The number of hydrogen-bond acceptors (Lipinski definition) is 0. The SMILES string of the molecule is Cc1ccc(-c2ccc3c(c2)c2ccccc2n3C2=CCC=CC=C2)cc1.Cc1ccc(-c2ccccc2)cc1.Cc1ccc2c(c1)C(C)(C)c1ccccc1-2. The molecule has 274 valence electrons. The van der Waals surface area contributed by atoms with Crippen LogP contribution in [0.2, 0.25) is 0 Å². The third kappa shape index (κ3) is 7.33. The molecule has 1 nitrogen and oxygen atoms in total. The van der Waals surface area contributed by atoms with Crippen LogP contribution in [0, 0.1) is 20.8 Å². The van der Waals surface area contributed by atoms with Crippen molar-refractivity contribution in [1.29, 1.82) is 0 Å². The maximum Gasteiger partial charge on any atom is 0.0541 e. The predicted molar refractivity (Wildman–Crippen MR) is 242 cm³/mol. The molecule has 0 spiro atoms. The number of aromatic nitrogens is 1. The predicted octanol–water partition coefficient (Wildman–Crippen LogP) is 15.1. The lowest BCUT2D eigenvalue weighted by Gasteiger charge is -2.21. The summed E-state index contributed by atoms with van der Waals surface area (Å²) in [5.41, 5.74) is 18.7. The van der Waals surface area contributed by atoms with Crippen LogP contribution in [0.15, 0.2) is 194 Å². The van der Waals surface area contributed by atoms with E-state index in [-0.39, 0.29) is 5.41 Å². The normalized spacial score (nSPS) is 13.5. The maximum absolute atomic E-state index is 2.38. The van der Waals surface area contributed by atoms with E-state index in [4.69, 9.17) is 0 Å². The van der Waals surface area contributed by atoms with Crippen molar-refractivity contribution in [3.63, 3.8) is 0 Å². The summed E-state index contributed by atoms with van der Waals surface area (Å²) in [4.78, 5) is 0. The van der Waals surface area contributed by atoms with E-state index in [2.05, 4.69) is 227 Å². The van der Waals surface area contributed by atoms with Gasteiger partial charge in [0.15, 0.2) is 0 Å². The molecule has 0 atom stereocenters. The summed E-state index contributed by atoms with van der Waals surface area (Å²) < 4.78 is 2.38. The number of rotatable bonds is 3. The van der Waals surface area contributed by atoms with E-state index >= 15 is 0 Å². The van der Waals surface area contributed by atoms with Crippen molar-refractivity contribution >= 4 is 27.5 Å². The van der Waals surface area contributed by atoms with Gasteiger partial charge in [-0.3, -0.25) is 0 Å². The molecular weight excluding hydrogens is 675 g/mol. The molecule has 1 aromatic heterocycles. The molecule has 0 amide bonds. The molecule has 0 saturated heterocycles. The molecule has 7 aromatic carbocycles. The molecular formula is C55H49N. The molecule has 0 aliphatic heterocycles. The van der Waals surface area contributed by atoms with Crippen molar-refractivity contribution in [3.8, 4) is 33.4 Å². The molecule has 1 heterocycles. The number of aryl methyl sites for hydroxylation is 3. The Balaban J connectivity index is 0.000000129. The average Bonchev–Trinajstić information content (AvgIpc) is 3.49. The summed E-state index contributed by atoms with van der Waals surface area (Å²) in [7, 11) is 0. The lowest BCUT2D eigenvalue weighted by molar-refractivity contribution is 0.660. The van der Waals surface area contributed by atoms with Crippen LogP contribution >= 0.6 is 0 Å². The molecule has 0 bridgehead atoms. The Morgan fingerprint density at radius 1 is 0.446 bits per heavy atom. The Bertz CT molecular complexity index is 2730. The molecule has 2 aliphatic carbocycles. The molecule has 2 aliphatic rings. The number of hydrogen-bond donors (Lipinski definition) is 0. The van der Waals surface area contributed by atoms with Crippen LogP contribution in [0.1, 0.15) is 48.1 Å². The van der Waals surface area contributed by atoms with E-state index in [1.165, 1.54) is 88.7 Å². The van der Waals surface area contributed by atoms with Crippen LogP contribution in [-0.4, -0.2) is 4.57 Å². The third-order valence-corrected chi connectivity index (χ3v) is 11.2. The largest absolute Gasteiger partial charge is 0.310 e. The van der Waals surface area contributed by atoms with Gasteiger partial charge in [-0.05, 0) is 96.0 Å². The van der Waals surface area contributed by atoms with Crippen LogP contribution in [0.5, 0.6) is 0 Å². The summed E-state index contributed by atoms with van der Waals surface area (Å²) in [5.74, 6) is 0. The Morgan fingerprint density at radius 3 is 1.77 bits per heavy atom. The van der Waals surface area contributed by atoms with Gasteiger partial charge in [0.2, 0.25) is 0 Å². The summed E-state index contributed by atoms with van der Waals surface area (Å²) >= 11 is 0. The second-order valence-electron chi connectivity index (χ2n) is 15.6. The van der Waals surface area contributed by atoms with Crippen LogP contribution in [0.3, 0.4) is 0 Å². The van der Waals surface area contributed by atoms with E-state index in [0.717, 1.165) is 6.42 Å². The Kier molecular flexibility index (Phi) is 10.3. The highest BCUT2D eigenvalue weighted by Gasteiger charge is 2.34. The number of allylic oxidation sites excluding steroid dienone is 6. The second-order valence-corrected chi connectivity index (χ2v) is 15.6. The Hall–Kier alpha value is -6.44. The number of benzene rings is 7. The number of fused-ring (bicyclic) bond motifs is 6. The average molecular weight is 724 g/mol. The number of para-hydroxylation sites is 1. The fourth-order valence-corrected chi connectivity index (χ4v) is 8.11. The summed E-state index contributed by atoms with van der Waals surface area (Å²) in [5, 5.41) is 2.60. The molecule has 0 saturated carbocycles. The van der Waals surface area contributed by atoms with E-state index in [1.54, 1.807) is 0 Å². The van der Waals surface area contributed by atoms with Crippen LogP contribution in [0.25, 0.3) is 60.9 Å². The lowest BCUT2D eigenvalue weighted by atomic mass is 9.82. The highest BCUT2D eigenvalue weighted by atomic mass is 15.0. The molecule has 0 N–H and O–H groups in total.